The maximum atomic E-state index is 12.7. The van der Waals surface area contributed by atoms with Crippen LogP contribution in [0, 0.1) is 0 Å². The number of nitrogens with two attached hydrogens (primary N) is 1. The van der Waals surface area contributed by atoms with E-state index in [2.05, 4.69) is 20.7 Å². The van der Waals surface area contributed by atoms with Gasteiger partial charge < -0.3 is 21.5 Å². The number of nitrogens with one attached hydrogen (secondary N) is 2. The molecule has 1 aliphatic carbocycles. The van der Waals surface area contributed by atoms with Crippen molar-refractivity contribution in [2.45, 2.75) is 43.9 Å². The number of alkyl halides is 3. The molecule has 0 radical (unpaired) electrons. The first-order chi connectivity index (χ1) is 16.1. The van der Waals surface area contributed by atoms with Crippen molar-refractivity contribution in [3.63, 3.8) is 0 Å². The molecular formula is C21H22ClF3N6O3. The molecule has 1 aliphatic rings. The van der Waals surface area contributed by atoms with Crippen LogP contribution in [0.4, 0.5) is 24.8 Å². The van der Waals surface area contributed by atoms with Crippen LogP contribution in [0.1, 0.15) is 36.2 Å². The molecule has 1 fully saturated rings. The molecule has 0 spiro atoms. The fourth-order valence-electron chi connectivity index (χ4n) is 3.39. The van der Waals surface area contributed by atoms with E-state index >= 15 is 0 Å². The maximum absolute atomic E-state index is 12.7. The zero-order chi connectivity index (χ0) is 24.9. The van der Waals surface area contributed by atoms with E-state index in [-0.39, 0.29) is 18.0 Å². The van der Waals surface area contributed by atoms with Crippen LogP contribution >= 0.6 is 11.6 Å². The number of benzene rings is 1. The lowest BCUT2D eigenvalue weighted by Crippen LogP contribution is -2.43. The van der Waals surface area contributed by atoms with Crippen molar-refractivity contribution in [3.05, 3.63) is 53.3 Å². The molecule has 0 bridgehead atoms. The highest BCUT2D eigenvalue weighted by atomic mass is 35.5. The highest BCUT2D eigenvalue weighted by Gasteiger charge is 2.38. The lowest BCUT2D eigenvalue weighted by molar-refractivity contribution is -0.192. The van der Waals surface area contributed by atoms with Gasteiger partial charge in [0, 0.05) is 12.1 Å². The van der Waals surface area contributed by atoms with Gasteiger partial charge in [-0.2, -0.15) is 13.2 Å². The molecule has 182 valence electrons. The van der Waals surface area contributed by atoms with Crippen molar-refractivity contribution in [2.24, 2.45) is 5.73 Å². The van der Waals surface area contributed by atoms with Crippen LogP contribution in [0.3, 0.4) is 0 Å². The summed E-state index contributed by atoms with van der Waals surface area (Å²) in [4.78, 5) is 26.0. The Kier molecular flexibility index (Phi) is 7.94. The third kappa shape index (κ3) is 6.35. The van der Waals surface area contributed by atoms with Crippen LogP contribution in [0.15, 0.2) is 42.6 Å². The van der Waals surface area contributed by atoms with Gasteiger partial charge in [-0.25, -0.2) is 14.3 Å². The summed E-state index contributed by atoms with van der Waals surface area (Å²) < 4.78 is 33.3. The number of aliphatic carboxylic acids is 1. The molecule has 34 heavy (non-hydrogen) atoms. The summed E-state index contributed by atoms with van der Waals surface area (Å²) in [6.07, 6.45) is 0.894. The number of aromatic nitrogens is 3. The minimum Gasteiger partial charge on any atom is -0.475 e. The van der Waals surface area contributed by atoms with Crippen molar-refractivity contribution in [1.29, 1.82) is 0 Å². The van der Waals surface area contributed by atoms with Crippen LogP contribution in [0.5, 0.6) is 0 Å². The van der Waals surface area contributed by atoms with Gasteiger partial charge in [0.1, 0.15) is 5.69 Å². The Morgan fingerprint density at radius 3 is 2.47 bits per heavy atom. The van der Waals surface area contributed by atoms with Gasteiger partial charge in [-0.3, -0.25) is 4.79 Å². The van der Waals surface area contributed by atoms with E-state index in [1.165, 1.54) is 0 Å². The summed E-state index contributed by atoms with van der Waals surface area (Å²) in [7, 11) is 0. The number of carboxylic acid groups (broad SMARTS) is 1. The van der Waals surface area contributed by atoms with Gasteiger partial charge in [-0.15, -0.1) is 5.10 Å². The smallest absolute Gasteiger partial charge is 0.475 e. The summed E-state index contributed by atoms with van der Waals surface area (Å²) >= 11 is 6.13. The van der Waals surface area contributed by atoms with Crippen LogP contribution in [0.25, 0.3) is 5.52 Å². The number of nitrogens with zero attached hydrogens (tertiary/aromatic N) is 3. The van der Waals surface area contributed by atoms with Crippen molar-refractivity contribution >= 4 is 40.6 Å². The van der Waals surface area contributed by atoms with Crippen molar-refractivity contribution in [1.82, 2.24) is 14.6 Å². The first-order valence-electron chi connectivity index (χ1n) is 10.3. The molecule has 3 aromatic rings. The summed E-state index contributed by atoms with van der Waals surface area (Å²) in [5.74, 6) is -2.58. The van der Waals surface area contributed by atoms with E-state index < -0.39 is 12.1 Å². The maximum Gasteiger partial charge on any atom is 0.490 e. The van der Waals surface area contributed by atoms with Gasteiger partial charge in [0.25, 0.3) is 5.91 Å². The number of halogens is 4. The molecular weight excluding hydrogens is 477 g/mol. The van der Waals surface area contributed by atoms with E-state index in [1.54, 1.807) is 35.0 Å². The number of anilines is 2. The number of carbonyl (C=O) groups excluding carboxylic acids is 1. The third-order valence-electron chi connectivity index (χ3n) is 5.13. The van der Waals surface area contributed by atoms with Gasteiger partial charge in [0.2, 0.25) is 5.95 Å². The second-order valence-electron chi connectivity index (χ2n) is 7.57. The fourth-order valence-corrected chi connectivity index (χ4v) is 3.58. The zero-order valence-corrected chi connectivity index (χ0v) is 18.5. The molecule has 5 N–H and O–H groups in total. The molecule has 0 aliphatic heterocycles. The monoisotopic (exact) mass is 498 g/mol. The highest BCUT2D eigenvalue weighted by Crippen LogP contribution is 2.22. The van der Waals surface area contributed by atoms with E-state index in [0.717, 1.165) is 31.2 Å². The standard InChI is InChI=1S/C19H21ClN6O.C2HF3O2/c20-13-5-1-3-7-15(13)23-18(27)17-10-9-12-11-22-19(25-26(12)17)24-16-8-4-2-6-14(16)21;3-2(4,5)1(6)7/h1,3,5,7,9-11,14,16H,2,4,6,8,21H2,(H,23,27)(H,24,25);(H,6,7)/t14-,16+;/m0./s1. The van der Waals surface area contributed by atoms with Crippen LogP contribution in [-0.4, -0.2) is 49.8 Å². The molecule has 4 rings (SSSR count). The number of amides is 1. The Bertz CT molecular complexity index is 1170. The molecule has 0 unspecified atom stereocenters. The quantitative estimate of drug-likeness (QED) is 0.427. The van der Waals surface area contributed by atoms with E-state index in [4.69, 9.17) is 27.2 Å². The minimum absolute atomic E-state index is 0.0886. The number of hydrogen-bond donors (Lipinski definition) is 4. The van der Waals surface area contributed by atoms with E-state index in [0.29, 0.717) is 22.4 Å². The second-order valence-corrected chi connectivity index (χ2v) is 7.98. The molecule has 2 heterocycles. The number of carboxylic acids is 1. The summed E-state index contributed by atoms with van der Waals surface area (Å²) in [6.45, 7) is 0. The first-order valence-corrected chi connectivity index (χ1v) is 10.7. The molecule has 1 aromatic carbocycles. The van der Waals surface area contributed by atoms with Gasteiger partial charge in [-0.1, -0.05) is 36.6 Å². The minimum atomic E-state index is -5.08. The summed E-state index contributed by atoms with van der Waals surface area (Å²) in [5.41, 5.74) is 7.89. The Morgan fingerprint density at radius 1 is 1.15 bits per heavy atom. The lowest BCUT2D eigenvalue weighted by Gasteiger charge is -2.29. The van der Waals surface area contributed by atoms with Crippen LogP contribution in [-0.2, 0) is 4.79 Å². The number of fused-ring (bicyclic) bond motifs is 1. The van der Waals surface area contributed by atoms with Crippen LogP contribution in [0.2, 0.25) is 5.02 Å². The first kappa shape index (κ1) is 25.2. The number of hydrogen-bond acceptors (Lipinski definition) is 6. The lowest BCUT2D eigenvalue weighted by atomic mass is 9.91. The van der Waals surface area contributed by atoms with Gasteiger partial charge in [0.15, 0.2) is 0 Å². The average molecular weight is 499 g/mol. The van der Waals surface area contributed by atoms with Crippen molar-refractivity contribution < 1.29 is 27.9 Å². The predicted octanol–water partition coefficient (Wildman–Crippen LogP) is 3.95. The Balaban J connectivity index is 0.000000406. The number of rotatable bonds is 4. The van der Waals surface area contributed by atoms with Crippen molar-refractivity contribution in [3.8, 4) is 0 Å². The zero-order valence-electron chi connectivity index (χ0n) is 17.7. The molecule has 13 heteroatoms. The average Bonchev–Trinajstić information content (AvgIpc) is 3.20. The third-order valence-corrected chi connectivity index (χ3v) is 5.46. The second kappa shape index (κ2) is 10.7. The fraction of sp³-hybridized carbons (Fsp3) is 0.333. The Morgan fingerprint density at radius 2 is 1.82 bits per heavy atom. The molecule has 1 saturated carbocycles. The predicted molar refractivity (Wildman–Crippen MR) is 120 cm³/mol. The van der Waals surface area contributed by atoms with Crippen LogP contribution < -0.4 is 16.4 Å². The topological polar surface area (TPSA) is 135 Å². The van der Waals surface area contributed by atoms with Crippen molar-refractivity contribution in [2.75, 3.05) is 10.6 Å². The van der Waals surface area contributed by atoms with E-state index in [1.807, 2.05) is 12.1 Å². The SMILES string of the molecule is N[C@H]1CCCC[C@H]1Nc1ncc2ccc(C(=O)Nc3ccccc3Cl)n2n1.O=C(O)C(F)(F)F. The van der Waals surface area contributed by atoms with E-state index in [9.17, 15) is 18.0 Å². The molecule has 0 saturated heterocycles. The molecule has 2 aromatic heterocycles. The highest BCUT2D eigenvalue weighted by molar-refractivity contribution is 6.33. The molecule has 9 nitrogen and oxygen atoms in total. The normalized spacial score (nSPS) is 18.0. The van der Waals surface area contributed by atoms with Gasteiger partial charge in [-0.05, 0) is 37.1 Å². The Hall–Kier alpha value is -3.38. The Labute approximate surface area is 197 Å². The summed E-state index contributed by atoms with van der Waals surface area (Å²) in [6, 6.07) is 10.9. The molecule has 2 atom stereocenters. The largest absolute Gasteiger partial charge is 0.490 e. The van der Waals surface area contributed by atoms with Gasteiger partial charge in [0.05, 0.1) is 22.4 Å². The van der Waals surface area contributed by atoms with Gasteiger partial charge >= 0.3 is 12.1 Å². The summed E-state index contributed by atoms with van der Waals surface area (Å²) in [5, 5.41) is 18.2. The molecule has 1 amide bonds. The number of para-hydroxylation sites is 1. The number of carbonyl (C=O) groups is 2.